The van der Waals surface area contributed by atoms with E-state index in [1.165, 1.54) is 186 Å². The topological polar surface area (TPSA) is 111 Å². The average Bonchev–Trinajstić information content (AvgIpc) is 3.49. The number of allylic oxidation sites excluding steroid dienone is 14. The van der Waals surface area contributed by atoms with E-state index in [0.717, 1.165) is 96.3 Å². The minimum atomic E-state index is -4.65. The molecule has 0 amide bonds. The SMILES string of the molecule is CC/C=C\C/C=C\C/C=C\C/C=C\C/C=C\C/C=C\C/C=C\CCCCCCCC(=O)OC(COC(=O)CCCCCCCCCCCCCCCCCCCCCCCCCCCCCCCCCC)COP(=O)([O-])OCC[N+](C)(C)C. The van der Waals surface area contributed by atoms with Gasteiger partial charge in [0.2, 0.25) is 0 Å². The molecule has 0 bridgehead atoms. The third-order valence-electron chi connectivity index (χ3n) is 15.2. The highest BCUT2D eigenvalue weighted by molar-refractivity contribution is 7.45. The second kappa shape index (κ2) is 63.7. The largest absolute Gasteiger partial charge is 0.756 e. The Kier molecular flexibility index (Phi) is 61.5. The maximum atomic E-state index is 12.8. The average molecular weight is 1180 g/mol. The molecule has 0 fully saturated rings. The standard InChI is InChI=1S/C73H132NO8P/c1-6-8-10-12-14-16-18-20-22-24-26-28-30-32-34-35-36-37-38-40-41-43-45-47-49-51-53-55-57-59-61-63-65-72(75)79-69-71(70-81-83(77,78)80-68-67-74(3,4)5)82-73(76)66-64-62-60-58-56-54-52-50-48-46-44-42-39-33-31-29-27-25-23-21-19-17-15-13-11-9-7-2/h9,11,15,17,21,23,27,29,33,39,44,46,50,52,71H,6-8,10,12-14,16,18-20,22,24-26,28,30-32,34-38,40-43,45,47-49,51,53-70H2,1-5H3/b11-9-,17-15-,23-21-,29-27-,39-33-,46-44-,52-50-. The molecule has 0 radical (unpaired) electrons. The van der Waals surface area contributed by atoms with E-state index in [1.807, 2.05) is 21.1 Å². The van der Waals surface area contributed by atoms with Gasteiger partial charge in [-0.15, -0.1) is 0 Å². The van der Waals surface area contributed by atoms with Crippen LogP contribution in [-0.4, -0.2) is 70.0 Å². The Hall–Kier alpha value is -2.81. The monoisotopic (exact) mass is 1180 g/mol. The fourth-order valence-corrected chi connectivity index (χ4v) is 10.6. The molecule has 0 aliphatic rings. The Morgan fingerprint density at radius 1 is 0.386 bits per heavy atom. The van der Waals surface area contributed by atoms with E-state index in [2.05, 4.69) is 98.9 Å². The van der Waals surface area contributed by atoms with Crippen molar-refractivity contribution in [1.29, 1.82) is 0 Å². The summed E-state index contributed by atoms with van der Waals surface area (Å²) >= 11 is 0. The molecule has 0 aliphatic carbocycles. The van der Waals surface area contributed by atoms with Crippen LogP contribution in [0.3, 0.4) is 0 Å². The minimum Gasteiger partial charge on any atom is -0.756 e. The maximum absolute atomic E-state index is 12.8. The summed E-state index contributed by atoms with van der Waals surface area (Å²) in [5.74, 6) is -0.848. The Labute approximate surface area is 513 Å². The number of ether oxygens (including phenoxy) is 2. The number of hydrogen-bond donors (Lipinski definition) is 0. The van der Waals surface area contributed by atoms with Gasteiger partial charge in [-0.2, -0.15) is 0 Å². The van der Waals surface area contributed by atoms with E-state index in [4.69, 9.17) is 18.5 Å². The van der Waals surface area contributed by atoms with Crippen molar-refractivity contribution < 1.29 is 42.1 Å². The number of phosphoric ester groups is 1. The van der Waals surface area contributed by atoms with Gasteiger partial charge < -0.3 is 27.9 Å². The Bertz CT molecular complexity index is 1680. The normalized spacial score (nSPS) is 13.7. The highest BCUT2D eigenvalue weighted by Gasteiger charge is 2.22. The molecule has 2 unspecified atom stereocenters. The number of quaternary nitrogens is 1. The smallest absolute Gasteiger partial charge is 0.306 e. The highest BCUT2D eigenvalue weighted by atomic mass is 31.2. The first-order chi connectivity index (χ1) is 40.5. The number of hydrogen-bond acceptors (Lipinski definition) is 8. The van der Waals surface area contributed by atoms with E-state index in [1.54, 1.807) is 0 Å². The van der Waals surface area contributed by atoms with Crippen LogP contribution in [0.1, 0.15) is 316 Å². The molecule has 0 saturated heterocycles. The van der Waals surface area contributed by atoms with Gasteiger partial charge in [0.25, 0.3) is 7.82 Å². The molecule has 2 atom stereocenters. The molecule has 0 aromatic heterocycles. The first-order valence-corrected chi connectivity index (χ1v) is 36.3. The van der Waals surface area contributed by atoms with Crippen molar-refractivity contribution in [1.82, 2.24) is 0 Å². The van der Waals surface area contributed by atoms with Gasteiger partial charge in [0.1, 0.15) is 19.8 Å². The van der Waals surface area contributed by atoms with Crippen LogP contribution in [0, 0.1) is 0 Å². The zero-order valence-electron chi connectivity index (χ0n) is 54.9. The van der Waals surface area contributed by atoms with E-state index >= 15 is 0 Å². The molecule has 0 saturated carbocycles. The number of carbonyl (C=O) groups is 2. The van der Waals surface area contributed by atoms with Gasteiger partial charge in [0, 0.05) is 12.8 Å². The van der Waals surface area contributed by atoms with Crippen molar-refractivity contribution in [3.8, 4) is 0 Å². The van der Waals surface area contributed by atoms with Crippen LogP contribution in [0.4, 0.5) is 0 Å². The number of nitrogens with zero attached hydrogens (tertiary/aromatic N) is 1. The summed E-state index contributed by atoms with van der Waals surface area (Å²) in [6.07, 6.45) is 86.7. The zero-order valence-corrected chi connectivity index (χ0v) is 55.8. The lowest BCUT2D eigenvalue weighted by atomic mass is 10.0. The lowest BCUT2D eigenvalue weighted by molar-refractivity contribution is -0.870. The summed E-state index contributed by atoms with van der Waals surface area (Å²) in [7, 11) is 1.15. The molecular formula is C73H132NO8P. The van der Waals surface area contributed by atoms with Gasteiger partial charge >= 0.3 is 11.9 Å². The van der Waals surface area contributed by atoms with Crippen molar-refractivity contribution in [3.63, 3.8) is 0 Å². The van der Waals surface area contributed by atoms with Crippen LogP contribution < -0.4 is 4.89 Å². The third kappa shape index (κ3) is 68.2. The van der Waals surface area contributed by atoms with Crippen LogP contribution >= 0.6 is 7.82 Å². The second-order valence-electron chi connectivity index (χ2n) is 24.5. The van der Waals surface area contributed by atoms with Crippen LogP contribution in [0.2, 0.25) is 0 Å². The summed E-state index contributed by atoms with van der Waals surface area (Å²) in [4.78, 5) is 38.0. The Morgan fingerprint density at radius 3 is 1.02 bits per heavy atom. The molecule has 0 spiro atoms. The number of rotatable bonds is 64. The number of esters is 2. The van der Waals surface area contributed by atoms with Crippen molar-refractivity contribution in [2.75, 3.05) is 47.5 Å². The van der Waals surface area contributed by atoms with Crippen molar-refractivity contribution >= 4 is 19.8 Å². The number of likely N-dealkylation sites (N-methyl/N-ethyl adjacent to an activating group) is 1. The fraction of sp³-hybridized carbons (Fsp3) is 0.781. The third-order valence-corrected chi connectivity index (χ3v) is 16.1. The first-order valence-electron chi connectivity index (χ1n) is 34.8. The molecule has 0 aromatic rings. The van der Waals surface area contributed by atoms with Crippen molar-refractivity contribution in [2.45, 2.75) is 322 Å². The van der Waals surface area contributed by atoms with Gasteiger partial charge in [-0.1, -0.05) is 317 Å². The number of unbranched alkanes of at least 4 members (excludes halogenated alkanes) is 36. The summed E-state index contributed by atoms with van der Waals surface area (Å²) in [6, 6.07) is 0. The molecule has 10 heteroatoms. The molecule has 482 valence electrons. The van der Waals surface area contributed by atoms with E-state index in [-0.39, 0.29) is 32.0 Å². The second-order valence-corrected chi connectivity index (χ2v) is 25.9. The predicted molar refractivity (Wildman–Crippen MR) is 356 cm³/mol. The van der Waals surface area contributed by atoms with Crippen LogP contribution in [0.15, 0.2) is 85.1 Å². The fourth-order valence-electron chi connectivity index (χ4n) is 9.88. The summed E-state index contributed by atoms with van der Waals surface area (Å²) < 4.78 is 34.3. The Morgan fingerprint density at radius 2 is 0.687 bits per heavy atom. The summed E-state index contributed by atoms with van der Waals surface area (Å²) in [5.41, 5.74) is 0. The van der Waals surface area contributed by atoms with Crippen LogP contribution in [0.25, 0.3) is 0 Å². The van der Waals surface area contributed by atoms with Gasteiger partial charge in [0.15, 0.2) is 6.10 Å². The zero-order chi connectivity index (χ0) is 60.5. The van der Waals surface area contributed by atoms with E-state index in [9.17, 15) is 19.0 Å². The summed E-state index contributed by atoms with van der Waals surface area (Å²) in [6.45, 7) is 4.14. The van der Waals surface area contributed by atoms with E-state index in [0.29, 0.717) is 17.4 Å². The van der Waals surface area contributed by atoms with Crippen LogP contribution in [0.5, 0.6) is 0 Å². The van der Waals surface area contributed by atoms with Gasteiger partial charge in [-0.05, 0) is 70.6 Å². The minimum absolute atomic E-state index is 0.0376. The lowest BCUT2D eigenvalue weighted by Crippen LogP contribution is -2.37. The molecule has 0 aliphatic heterocycles. The van der Waals surface area contributed by atoms with E-state index < -0.39 is 26.5 Å². The van der Waals surface area contributed by atoms with Gasteiger partial charge in [0.05, 0.1) is 27.7 Å². The van der Waals surface area contributed by atoms with Crippen LogP contribution in [-0.2, 0) is 32.7 Å². The lowest BCUT2D eigenvalue weighted by Gasteiger charge is -2.28. The maximum Gasteiger partial charge on any atom is 0.306 e. The molecule has 83 heavy (non-hydrogen) atoms. The molecule has 9 nitrogen and oxygen atoms in total. The van der Waals surface area contributed by atoms with Crippen molar-refractivity contribution in [3.05, 3.63) is 85.1 Å². The van der Waals surface area contributed by atoms with Crippen molar-refractivity contribution in [2.24, 2.45) is 0 Å². The molecule has 0 N–H and O–H groups in total. The van der Waals surface area contributed by atoms with Gasteiger partial charge in [-0.3, -0.25) is 14.2 Å². The number of carbonyl (C=O) groups excluding carboxylic acids is 2. The predicted octanol–water partition coefficient (Wildman–Crippen LogP) is 21.9. The molecule has 0 heterocycles. The first kappa shape index (κ1) is 80.2. The molecule has 0 aromatic carbocycles. The quantitative estimate of drug-likeness (QED) is 0.0195. The Balaban J connectivity index is 4.07. The summed E-state index contributed by atoms with van der Waals surface area (Å²) in [5, 5.41) is 0. The molecular weight excluding hydrogens is 1050 g/mol. The number of phosphoric acid groups is 1. The molecule has 0 rings (SSSR count). The highest BCUT2D eigenvalue weighted by Crippen LogP contribution is 2.38. The van der Waals surface area contributed by atoms with Gasteiger partial charge in [-0.25, -0.2) is 0 Å².